The molecule has 0 aromatic heterocycles. The van der Waals surface area contributed by atoms with Gasteiger partial charge in [-0.05, 0) is 31.0 Å². The molecule has 0 aliphatic carbocycles. The third-order valence-electron chi connectivity index (χ3n) is 3.39. The lowest BCUT2D eigenvalue weighted by Crippen LogP contribution is -2.44. The topological polar surface area (TPSA) is 50.7 Å². The number of halogens is 1. The molecule has 0 bridgehead atoms. The van der Waals surface area contributed by atoms with Crippen LogP contribution >= 0.6 is 15.9 Å². The van der Waals surface area contributed by atoms with Crippen molar-refractivity contribution in [2.24, 2.45) is 0 Å². The molecule has 2 N–H and O–H groups in total. The summed E-state index contributed by atoms with van der Waals surface area (Å²) in [6.07, 6.45) is 0.856. The maximum Gasteiger partial charge on any atom is 0.161 e. The van der Waals surface area contributed by atoms with Crippen LogP contribution in [-0.2, 0) is 6.54 Å². The second-order valence-corrected chi connectivity index (χ2v) is 5.58. The minimum Gasteiger partial charge on any atom is -0.493 e. The SMILES string of the molecule is CCC(C)(CO)NCc1cc(OC)c(OC)cc1Br. The minimum atomic E-state index is -0.271. The lowest BCUT2D eigenvalue weighted by molar-refractivity contribution is 0.169. The van der Waals surface area contributed by atoms with Crippen LogP contribution in [0.1, 0.15) is 25.8 Å². The fraction of sp³-hybridized carbons (Fsp3) is 0.571. The normalized spacial score (nSPS) is 14.0. The van der Waals surface area contributed by atoms with Crippen LogP contribution in [0.3, 0.4) is 0 Å². The molecule has 0 amide bonds. The fourth-order valence-electron chi connectivity index (χ4n) is 1.63. The van der Waals surface area contributed by atoms with Gasteiger partial charge < -0.3 is 19.9 Å². The number of benzene rings is 1. The molecule has 0 spiro atoms. The van der Waals surface area contributed by atoms with Crippen LogP contribution in [-0.4, -0.2) is 31.5 Å². The van der Waals surface area contributed by atoms with E-state index in [1.54, 1.807) is 14.2 Å². The number of ether oxygens (including phenoxy) is 2. The lowest BCUT2D eigenvalue weighted by Gasteiger charge is -2.27. The van der Waals surface area contributed by atoms with Crippen molar-refractivity contribution in [2.45, 2.75) is 32.4 Å². The molecule has 1 rings (SSSR count). The first kappa shape index (κ1) is 16.3. The van der Waals surface area contributed by atoms with Crippen LogP contribution in [0.2, 0.25) is 0 Å². The van der Waals surface area contributed by atoms with Crippen molar-refractivity contribution in [3.05, 3.63) is 22.2 Å². The molecule has 108 valence electrons. The van der Waals surface area contributed by atoms with E-state index in [4.69, 9.17) is 9.47 Å². The summed E-state index contributed by atoms with van der Waals surface area (Å²) in [5, 5.41) is 12.8. The zero-order valence-electron chi connectivity index (χ0n) is 11.9. The third-order valence-corrected chi connectivity index (χ3v) is 4.13. The van der Waals surface area contributed by atoms with Crippen LogP contribution in [0.4, 0.5) is 0 Å². The first-order valence-electron chi connectivity index (χ1n) is 6.26. The van der Waals surface area contributed by atoms with Crippen molar-refractivity contribution in [1.82, 2.24) is 5.32 Å². The van der Waals surface area contributed by atoms with Crippen molar-refractivity contribution < 1.29 is 14.6 Å². The van der Waals surface area contributed by atoms with E-state index < -0.39 is 0 Å². The standard InChI is InChI=1S/C14H22BrNO3/c1-5-14(2,9-17)16-8-10-6-12(18-3)13(19-4)7-11(10)15/h6-7,16-17H,5,8-9H2,1-4H3. The average Bonchev–Trinajstić information content (AvgIpc) is 2.45. The van der Waals surface area contributed by atoms with Gasteiger partial charge in [-0.15, -0.1) is 0 Å². The van der Waals surface area contributed by atoms with Gasteiger partial charge in [0, 0.05) is 16.6 Å². The van der Waals surface area contributed by atoms with E-state index in [0.29, 0.717) is 18.0 Å². The molecular formula is C14H22BrNO3. The number of aliphatic hydroxyl groups excluding tert-OH is 1. The molecule has 1 unspecified atom stereocenters. The quantitative estimate of drug-likeness (QED) is 0.806. The molecule has 0 saturated carbocycles. The summed E-state index contributed by atoms with van der Waals surface area (Å²) in [6.45, 7) is 4.80. The Bertz CT molecular complexity index is 419. The van der Waals surface area contributed by atoms with Crippen molar-refractivity contribution in [3.8, 4) is 11.5 Å². The predicted molar refractivity (Wildman–Crippen MR) is 79.9 cm³/mol. The van der Waals surface area contributed by atoms with Gasteiger partial charge in [0.05, 0.1) is 20.8 Å². The van der Waals surface area contributed by atoms with Crippen LogP contribution in [0.15, 0.2) is 16.6 Å². The molecule has 1 aromatic rings. The summed E-state index contributed by atoms with van der Waals surface area (Å²) in [5.41, 5.74) is 0.790. The van der Waals surface area contributed by atoms with Crippen molar-refractivity contribution in [3.63, 3.8) is 0 Å². The highest BCUT2D eigenvalue weighted by Gasteiger charge is 2.20. The molecular weight excluding hydrogens is 310 g/mol. The van der Waals surface area contributed by atoms with E-state index >= 15 is 0 Å². The molecule has 4 nitrogen and oxygen atoms in total. The fourth-order valence-corrected chi connectivity index (χ4v) is 2.10. The molecule has 1 atom stereocenters. The van der Waals surface area contributed by atoms with Crippen molar-refractivity contribution >= 4 is 15.9 Å². The summed E-state index contributed by atoms with van der Waals surface area (Å²) in [6, 6.07) is 3.82. The van der Waals surface area contributed by atoms with Crippen LogP contribution in [0.5, 0.6) is 11.5 Å². The molecule has 1 aromatic carbocycles. The molecule has 0 aliphatic rings. The zero-order valence-corrected chi connectivity index (χ0v) is 13.5. The number of hydrogen-bond donors (Lipinski definition) is 2. The minimum absolute atomic E-state index is 0.106. The van der Waals surface area contributed by atoms with E-state index in [1.807, 2.05) is 26.0 Å². The Labute approximate surface area is 123 Å². The highest BCUT2D eigenvalue weighted by atomic mass is 79.9. The Kier molecular flexibility index (Phi) is 6.10. The Morgan fingerprint density at radius 3 is 2.32 bits per heavy atom. The first-order valence-corrected chi connectivity index (χ1v) is 7.05. The summed E-state index contributed by atoms with van der Waals surface area (Å²) in [7, 11) is 3.23. The number of rotatable bonds is 7. The summed E-state index contributed by atoms with van der Waals surface area (Å²) >= 11 is 3.52. The Morgan fingerprint density at radius 2 is 1.84 bits per heavy atom. The van der Waals surface area contributed by atoms with E-state index in [2.05, 4.69) is 21.2 Å². The Morgan fingerprint density at radius 1 is 1.26 bits per heavy atom. The van der Waals surface area contributed by atoms with Crippen molar-refractivity contribution in [2.75, 3.05) is 20.8 Å². The Hall–Kier alpha value is -0.780. The van der Waals surface area contributed by atoms with Crippen molar-refractivity contribution in [1.29, 1.82) is 0 Å². The van der Waals surface area contributed by atoms with Gasteiger partial charge in [-0.2, -0.15) is 0 Å². The maximum atomic E-state index is 9.40. The second kappa shape index (κ2) is 7.12. The number of nitrogens with one attached hydrogen (secondary N) is 1. The largest absolute Gasteiger partial charge is 0.493 e. The van der Waals surface area contributed by atoms with E-state index in [-0.39, 0.29) is 12.1 Å². The van der Waals surface area contributed by atoms with Gasteiger partial charge in [0.25, 0.3) is 0 Å². The van der Waals surface area contributed by atoms with Gasteiger partial charge in [-0.25, -0.2) is 0 Å². The Balaban J connectivity index is 2.90. The maximum absolute atomic E-state index is 9.40. The van der Waals surface area contributed by atoms with E-state index in [1.165, 1.54) is 0 Å². The molecule has 19 heavy (non-hydrogen) atoms. The van der Waals surface area contributed by atoms with E-state index in [0.717, 1.165) is 16.5 Å². The lowest BCUT2D eigenvalue weighted by atomic mass is 10.00. The summed E-state index contributed by atoms with van der Waals surface area (Å²) in [4.78, 5) is 0. The van der Waals surface area contributed by atoms with Crippen LogP contribution in [0.25, 0.3) is 0 Å². The van der Waals surface area contributed by atoms with Crippen LogP contribution < -0.4 is 14.8 Å². The predicted octanol–water partition coefficient (Wildman–Crippen LogP) is 2.72. The molecule has 0 aliphatic heterocycles. The van der Waals surface area contributed by atoms with Crippen LogP contribution in [0, 0.1) is 0 Å². The third kappa shape index (κ3) is 4.09. The van der Waals surface area contributed by atoms with Gasteiger partial charge in [0.2, 0.25) is 0 Å². The second-order valence-electron chi connectivity index (χ2n) is 4.72. The monoisotopic (exact) mass is 331 g/mol. The molecule has 0 saturated heterocycles. The highest BCUT2D eigenvalue weighted by Crippen LogP contribution is 2.33. The molecule has 0 radical (unpaired) electrons. The van der Waals surface area contributed by atoms with Gasteiger partial charge in [0.1, 0.15) is 0 Å². The number of aliphatic hydroxyl groups is 1. The van der Waals surface area contributed by atoms with Gasteiger partial charge in [-0.3, -0.25) is 0 Å². The van der Waals surface area contributed by atoms with Gasteiger partial charge in [0.15, 0.2) is 11.5 Å². The van der Waals surface area contributed by atoms with Gasteiger partial charge in [-0.1, -0.05) is 22.9 Å². The number of hydrogen-bond acceptors (Lipinski definition) is 4. The smallest absolute Gasteiger partial charge is 0.161 e. The summed E-state index contributed by atoms with van der Waals surface area (Å²) < 4.78 is 11.5. The molecule has 0 heterocycles. The number of methoxy groups -OCH3 is 2. The highest BCUT2D eigenvalue weighted by molar-refractivity contribution is 9.10. The zero-order chi connectivity index (χ0) is 14.5. The molecule has 5 heteroatoms. The van der Waals surface area contributed by atoms with E-state index in [9.17, 15) is 5.11 Å². The van der Waals surface area contributed by atoms with Gasteiger partial charge >= 0.3 is 0 Å². The average molecular weight is 332 g/mol. The molecule has 0 fully saturated rings. The first-order chi connectivity index (χ1) is 8.99. The summed E-state index contributed by atoms with van der Waals surface area (Å²) in [5.74, 6) is 1.39.